The lowest BCUT2D eigenvalue weighted by Crippen LogP contribution is -2.13. The number of fused-ring (bicyclic) bond motifs is 1. The smallest absolute Gasteiger partial charge is 0.257 e. The molecule has 0 spiro atoms. The molecule has 106 valence electrons. The number of hydrogen-bond acceptors (Lipinski definition) is 3. The molecule has 2 N–H and O–H groups in total. The Labute approximate surface area is 129 Å². The van der Waals surface area contributed by atoms with Gasteiger partial charge in [-0.3, -0.25) is 4.79 Å². The van der Waals surface area contributed by atoms with E-state index in [4.69, 9.17) is 4.74 Å². The molecule has 0 aliphatic heterocycles. The van der Waals surface area contributed by atoms with Gasteiger partial charge >= 0.3 is 0 Å². The van der Waals surface area contributed by atoms with Gasteiger partial charge < -0.3 is 15.0 Å². The van der Waals surface area contributed by atoms with Crippen LogP contribution in [0.2, 0.25) is 0 Å². The fraction of sp³-hybridized carbons (Fsp3) is 0.0667. The van der Waals surface area contributed by atoms with E-state index in [-0.39, 0.29) is 5.91 Å². The Bertz CT molecular complexity index is 814. The molecule has 1 amide bonds. The number of para-hydroxylation sites is 1. The molecule has 5 nitrogen and oxygen atoms in total. The zero-order valence-electron chi connectivity index (χ0n) is 11.2. The topological polar surface area (TPSA) is 67.0 Å². The average molecular weight is 346 g/mol. The van der Waals surface area contributed by atoms with Crippen LogP contribution in [-0.4, -0.2) is 23.0 Å². The third-order valence-electron chi connectivity index (χ3n) is 3.12. The first-order chi connectivity index (χ1) is 10.2. The van der Waals surface area contributed by atoms with E-state index in [0.717, 1.165) is 11.0 Å². The Morgan fingerprint density at radius 2 is 2.19 bits per heavy atom. The van der Waals surface area contributed by atoms with E-state index in [1.54, 1.807) is 31.6 Å². The van der Waals surface area contributed by atoms with Crippen molar-refractivity contribution in [2.75, 3.05) is 12.4 Å². The third-order valence-corrected chi connectivity index (χ3v) is 3.81. The van der Waals surface area contributed by atoms with E-state index in [1.807, 2.05) is 18.2 Å². The minimum absolute atomic E-state index is 0.226. The van der Waals surface area contributed by atoms with Crippen molar-refractivity contribution in [3.05, 3.63) is 52.8 Å². The number of carbonyl (C=O) groups excluding carboxylic acids is 1. The van der Waals surface area contributed by atoms with E-state index >= 15 is 0 Å². The van der Waals surface area contributed by atoms with Crippen LogP contribution in [0.5, 0.6) is 5.75 Å². The van der Waals surface area contributed by atoms with Gasteiger partial charge in [0.1, 0.15) is 11.3 Å². The first-order valence-electron chi connectivity index (χ1n) is 6.26. The summed E-state index contributed by atoms with van der Waals surface area (Å²) in [7, 11) is 1.56. The number of hydrogen-bond donors (Lipinski definition) is 2. The van der Waals surface area contributed by atoms with Crippen LogP contribution < -0.4 is 10.1 Å². The van der Waals surface area contributed by atoms with E-state index in [1.165, 1.54) is 0 Å². The Hall–Kier alpha value is -2.34. The summed E-state index contributed by atoms with van der Waals surface area (Å²) in [4.78, 5) is 19.7. The maximum absolute atomic E-state index is 12.4. The van der Waals surface area contributed by atoms with Crippen molar-refractivity contribution in [1.29, 1.82) is 0 Å². The van der Waals surface area contributed by atoms with Crippen LogP contribution in [0.4, 0.5) is 5.69 Å². The molecule has 0 atom stereocenters. The minimum atomic E-state index is -0.226. The monoisotopic (exact) mass is 345 g/mol. The molecule has 0 saturated heterocycles. The van der Waals surface area contributed by atoms with Crippen LogP contribution in [-0.2, 0) is 0 Å². The number of benzene rings is 2. The van der Waals surface area contributed by atoms with E-state index in [0.29, 0.717) is 21.5 Å². The van der Waals surface area contributed by atoms with E-state index in [9.17, 15) is 4.79 Å². The second-order valence-electron chi connectivity index (χ2n) is 4.40. The number of H-pyrrole nitrogens is 1. The zero-order chi connectivity index (χ0) is 14.8. The number of methoxy groups -OCH3 is 1. The molecule has 21 heavy (non-hydrogen) atoms. The molecule has 1 heterocycles. The fourth-order valence-corrected chi connectivity index (χ4v) is 2.49. The van der Waals surface area contributed by atoms with Crippen molar-refractivity contribution in [2.24, 2.45) is 0 Å². The van der Waals surface area contributed by atoms with Gasteiger partial charge in [0.15, 0.2) is 0 Å². The van der Waals surface area contributed by atoms with Gasteiger partial charge in [-0.1, -0.05) is 6.07 Å². The summed E-state index contributed by atoms with van der Waals surface area (Å²) < 4.78 is 5.85. The zero-order valence-corrected chi connectivity index (χ0v) is 12.8. The number of carbonyl (C=O) groups is 1. The van der Waals surface area contributed by atoms with Gasteiger partial charge in [-0.05, 0) is 46.3 Å². The third kappa shape index (κ3) is 2.62. The van der Waals surface area contributed by atoms with Gasteiger partial charge in [0.25, 0.3) is 5.91 Å². The Balaban J connectivity index is 1.95. The standard InChI is InChI=1S/C15H12BrN3O2/c1-21-9-5-6-11(16)10(7-9)15(20)19-13-4-2-3-12-14(13)18-8-17-12/h2-8H,1H3,(H,17,18)(H,19,20). The number of imidazole rings is 1. The number of nitrogens with one attached hydrogen (secondary N) is 2. The average Bonchev–Trinajstić information content (AvgIpc) is 2.97. The number of aromatic amines is 1. The summed E-state index contributed by atoms with van der Waals surface area (Å²) in [6.45, 7) is 0. The van der Waals surface area contributed by atoms with Crippen molar-refractivity contribution < 1.29 is 9.53 Å². The summed E-state index contributed by atoms with van der Waals surface area (Å²) in [5.74, 6) is 0.401. The summed E-state index contributed by atoms with van der Waals surface area (Å²) >= 11 is 3.38. The highest BCUT2D eigenvalue weighted by Crippen LogP contribution is 2.25. The molecule has 0 bridgehead atoms. The highest BCUT2D eigenvalue weighted by Gasteiger charge is 2.13. The first-order valence-corrected chi connectivity index (χ1v) is 7.05. The molecule has 6 heteroatoms. The Morgan fingerprint density at radius 1 is 1.33 bits per heavy atom. The Morgan fingerprint density at radius 3 is 3.00 bits per heavy atom. The SMILES string of the molecule is COc1ccc(Br)c(C(=O)Nc2cccc3[nH]cnc23)c1. The lowest BCUT2D eigenvalue weighted by molar-refractivity contribution is 0.102. The number of amides is 1. The first kappa shape index (κ1) is 13.6. The second-order valence-corrected chi connectivity index (χ2v) is 5.26. The molecule has 1 aromatic heterocycles. The molecule has 0 fully saturated rings. The number of aromatic nitrogens is 2. The molecular formula is C15H12BrN3O2. The van der Waals surface area contributed by atoms with Crippen molar-refractivity contribution in [3.8, 4) is 5.75 Å². The van der Waals surface area contributed by atoms with Gasteiger partial charge in [-0.25, -0.2) is 4.98 Å². The number of ether oxygens (including phenoxy) is 1. The van der Waals surface area contributed by atoms with Gasteiger partial charge in [0.2, 0.25) is 0 Å². The van der Waals surface area contributed by atoms with Crippen LogP contribution >= 0.6 is 15.9 Å². The largest absolute Gasteiger partial charge is 0.497 e. The van der Waals surface area contributed by atoms with E-state index < -0.39 is 0 Å². The normalized spacial score (nSPS) is 10.6. The Kier molecular flexibility index (Phi) is 3.62. The van der Waals surface area contributed by atoms with Gasteiger partial charge in [0.05, 0.1) is 30.2 Å². The molecule has 2 aromatic carbocycles. The molecule has 3 aromatic rings. The lowest BCUT2D eigenvalue weighted by Gasteiger charge is -2.09. The van der Waals surface area contributed by atoms with Gasteiger partial charge in [-0.15, -0.1) is 0 Å². The van der Waals surface area contributed by atoms with Gasteiger partial charge in [0, 0.05) is 4.47 Å². The quantitative estimate of drug-likeness (QED) is 0.762. The maximum atomic E-state index is 12.4. The van der Waals surface area contributed by atoms with Crippen molar-refractivity contribution in [1.82, 2.24) is 9.97 Å². The minimum Gasteiger partial charge on any atom is -0.497 e. The van der Waals surface area contributed by atoms with Crippen molar-refractivity contribution in [3.63, 3.8) is 0 Å². The van der Waals surface area contributed by atoms with Crippen LogP contribution in [0.25, 0.3) is 11.0 Å². The van der Waals surface area contributed by atoms with Gasteiger partial charge in [-0.2, -0.15) is 0 Å². The molecular weight excluding hydrogens is 334 g/mol. The highest BCUT2D eigenvalue weighted by atomic mass is 79.9. The predicted molar refractivity (Wildman–Crippen MR) is 84.7 cm³/mol. The highest BCUT2D eigenvalue weighted by molar-refractivity contribution is 9.10. The molecule has 0 radical (unpaired) electrons. The molecule has 0 unspecified atom stereocenters. The number of halogens is 1. The summed E-state index contributed by atoms with van der Waals surface area (Å²) in [5.41, 5.74) is 2.76. The summed E-state index contributed by atoms with van der Waals surface area (Å²) in [6.07, 6.45) is 1.60. The predicted octanol–water partition coefficient (Wildman–Crippen LogP) is 3.59. The molecule has 3 rings (SSSR count). The van der Waals surface area contributed by atoms with Crippen molar-refractivity contribution in [2.45, 2.75) is 0 Å². The lowest BCUT2D eigenvalue weighted by atomic mass is 10.2. The van der Waals surface area contributed by atoms with Crippen LogP contribution in [0.3, 0.4) is 0 Å². The van der Waals surface area contributed by atoms with Crippen LogP contribution in [0, 0.1) is 0 Å². The van der Waals surface area contributed by atoms with E-state index in [2.05, 4.69) is 31.2 Å². The summed E-state index contributed by atoms with van der Waals surface area (Å²) in [6, 6.07) is 10.8. The number of nitrogens with zero attached hydrogens (tertiary/aromatic N) is 1. The molecule has 0 aliphatic carbocycles. The number of anilines is 1. The van der Waals surface area contributed by atoms with Crippen LogP contribution in [0.15, 0.2) is 47.2 Å². The second kappa shape index (κ2) is 5.57. The molecule has 0 saturated carbocycles. The van der Waals surface area contributed by atoms with Crippen LogP contribution in [0.1, 0.15) is 10.4 Å². The number of rotatable bonds is 3. The molecule has 0 aliphatic rings. The van der Waals surface area contributed by atoms with Crippen molar-refractivity contribution >= 4 is 38.6 Å². The summed E-state index contributed by atoms with van der Waals surface area (Å²) in [5, 5.41) is 2.87. The fourth-order valence-electron chi connectivity index (χ4n) is 2.06. The maximum Gasteiger partial charge on any atom is 0.257 e.